The van der Waals surface area contributed by atoms with Crippen molar-refractivity contribution in [2.45, 2.75) is 25.3 Å². The van der Waals surface area contributed by atoms with Gasteiger partial charge < -0.3 is 0 Å². The summed E-state index contributed by atoms with van der Waals surface area (Å²) in [5.74, 6) is -0.694. The number of halogens is 1. The summed E-state index contributed by atoms with van der Waals surface area (Å²) in [5.41, 5.74) is 3.02. The predicted molar refractivity (Wildman–Crippen MR) is 103 cm³/mol. The van der Waals surface area contributed by atoms with Crippen molar-refractivity contribution in [2.75, 3.05) is 0 Å². The Balaban J connectivity index is 1.79. The molecule has 0 fully saturated rings. The molecule has 0 atom stereocenters. The molecule has 1 amide bonds. The number of hydrogen-bond acceptors (Lipinski definition) is 4. The zero-order valence-corrected chi connectivity index (χ0v) is 16.4. The molecule has 27 heavy (non-hydrogen) atoms. The number of sulfonamides is 1. The molecule has 0 aliphatic rings. The normalized spacial score (nSPS) is 11.4. The molecule has 3 rings (SSSR count). The van der Waals surface area contributed by atoms with Crippen LogP contribution in [-0.4, -0.2) is 24.1 Å². The lowest BCUT2D eigenvalue weighted by Crippen LogP contribution is -2.30. The van der Waals surface area contributed by atoms with Crippen LogP contribution in [0.5, 0.6) is 0 Å². The lowest BCUT2D eigenvalue weighted by Gasteiger charge is -2.09. The number of benzene rings is 2. The number of hydrogen-bond donors (Lipinski definition) is 1. The molecular formula is C19H18ClN3O3S. The van der Waals surface area contributed by atoms with Crippen molar-refractivity contribution in [3.05, 3.63) is 82.1 Å². The summed E-state index contributed by atoms with van der Waals surface area (Å²) in [6.45, 7) is 4.36. The standard InChI is InChI=1S/C19H18ClN3O3S/c1-13-10-14(2)23(21-13)12-15-4-3-5-16(11-15)19(24)22-27(25,26)18-8-6-17(20)7-9-18/h3-11H,12H2,1-2H3,(H,22,24). The molecule has 0 bridgehead atoms. The molecule has 0 saturated heterocycles. The summed E-state index contributed by atoms with van der Waals surface area (Å²) in [7, 11) is -3.98. The lowest BCUT2D eigenvalue weighted by molar-refractivity contribution is 0.0981. The minimum Gasteiger partial charge on any atom is -0.268 e. The molecular weight excluding hydrogens is 386 g/mol. The third-order valence-corrected chi connectivity index (χ3v) is 5.57. The van der Waals surface area contributed by atoms with Crippen molar-refractivity contribution < 1.29 is 13.2 Å². The van der Waals surface area contributed by atoms with Gasteiger partial charge in [0.25, 0.3) is 15.9 Å². The van der Waals surface area contributed by atoms with Crippen LogP contribution < -0.4 is 4.72 Å². The molecule has 0 radical (unpaired) electrons. The number of aryl methyl sites for hydroxylation is 2. The first-order valence-corrected chi connectivity index (χ1v) is 10.0. The van der Waals surface area contributed by atoms with E-state index in [-0.39, 0.29) is 10.5 Å². The second kappa shape index (κ2) is 7.54. The number of rotatable bonds is 5. The van der Waals surface area contributed by atoms with E-state index in [2.05, 4.69) is 9.82 Å². The van der Waals surface area contributed by atoms with E-state index in [1.165, 1.54) is 24.3 Å². The van der Waals surface area contributed by atoms with Gasteiger partial charge in [0.1, 0.15) is 0 Å². The first kappa shape index (κ1) is 19.1. The van der Waals surface area contributed by atoms with E-state index >= 15 is 0 Å². The highest BCUT2D eigenvalue weighted by atomic mass is 35.5. The maximum absolute atomic E-state index is 12.4. The zero-order chi connectivity index (χ0) is 19.6. The van der Waals surface area contributed by atoms with E-state index in [0.717, 1.165) is 17.0 Å². The van der Waals surface area contributed by atoms with Gasteiger partial charge in [0, 0.05) is 16.3 Å². The molecule has 0 saturated carbocycles. The van der Waals surface area contributed by atoms with Crippen LogP contribution in [0.4, 0.5) is 0 Å². The van der Waals surface area contributed by atoms with Crippen LogP contribution >= 0.6 is 11.6 Å². The van der Waals surface area contributed by atoms with Crippen LogP contribution in [0.3, 0.4) is 0 Å². The van der Waals surface area contributed by atoms with Gasteiger partial charge in [-0.1, -0.05) is 23.7 Å². The van der Waals surface area contributed by atoms with Gasteiger partial charge in [-0.25, -0.2) is 13.1 Å². The number of amides is 1. The summed E-state index contributed by atoms with van der Waals surface area (Å²) < 4.78 is 28.6. The second-order valence-corrected chi connectivity index (χ2v) is 8.29. The first-order valence-electron chi connectivity index (χ1n) is 8.17. The highest BCUT2D eigenvalue weighted by Crippen LogP contribution is 2.15. The lowest BCUT2D eigenvalue weighted by atomic mass is 10.1. The summed E-state index contributed by atoms with van der Waals surface area (Å²) in [6.07, 6.45) is 0. The number of nitrogens with one attached hydrogen (secondary N) is 1. The average Bonchev–Trinajstić information content (AvgIpc) is 2.92. The zero-order valence-electron chi connectivity index (χ0n) is 14.8. The summed E-state index contributed by atoms with van der Waals surface area (Å²) in [6, 6.07) is 14.4. The van der Waals surface area contributed by atoms with Gasteiger partial charge in [0.2, 0.25) is 0 Å². The summed E-state index contributed by atoms with van der Waals surface area (Å²) in [5, 5.41) is 4.81. The van der Waals surface area contributed by atoms with E-state index in [1.54, 1.807) is 18.2 Å². The van der Waals surface area contributed by atoms with Gasteiger partial charge in [-0.2, -0.15) is 5.10 Å². The molecule has 6 nitrogen and oxygen atoms in total. The Labute approximate surface area is 162 Å². The van der Waals surface area contributed by atoms with E-state index in [1.807, 2.05) is 30.7 Å². The molecule has 8 heteroatoms. The van der Waals surface area contributed by atoms with E-state index in [9.17, 15) is 13.2 Å². The SMILES string of the molecule is Cc1cc(C)n(Cc2cccc(C(=O)NS(=O)(=O)c3ccc(Cl)cc3)c2)n1. The quantitative estimate of drug-likeness (QED) is 0.708. The van der Waals surface area contributed by atoms with Gasteiger partial charge >= 0.3 is 0 Å². The van der Waals surface area contributed by atoms with Crippen molar-refractivity contribution in [2.24, 2.45) is 0 Å². The van der Waals surface area contributed by atoms with Gasteiger partial charge in [-0.3, -0.25) is 9.48 Å². The molecule has 3 aromatic rings. The molecule has 1 heterocycles. The molecule has 1 aromatic heterocycles. The Morgan fingerprint density at radius 3 is 2.44 bits per heavy atom. The van der Waals surface area contributed by atoms with Crippen molar-refractivity contribution in [3.8, 4) is 0 Å². The Bertz CT molecular complexity index is 1090. The average molecular weight is 404 g/mol. The maximum Gasteiger partial charge on any atom is 0.265 e. The monoisotopic (exact) mass is 403 g/mol. The highest BCUT2D eigenvalue weighted by molar-refractivity contribution is 7.90. The van der Waals surface area contributed by atoms with Crippen molar-refractivity contribution in [1.29, 1.82) is 0 Å². The van der Waals surface area contributed by atoms with Gasteiger partial charge in [-0.15, -0.1) is 0 Å². The minimum absolute atomic E-state index is 0.0287. The third-order valence-electron chi connectivity index (χ3n) is 3.98. The van der Waals surface area contributed by atoms with Crippen LogP contribution in [0.25, 0.3) is 0 Å². The van der Waals surface area contributed by atoms with Gasteiger partial charge in [-0.05, 0) is 61.9 Å². The Morgan fingerprint density at radius 2 is 1.81 bits per heavy atom. The van der Waals surface area contributed by atoms with Crippen molar-refractivity contribution >= 4 is 27.5 Å². The molecule has 0 spiro atoms. The van der Waals surface area contributed by atoms with E-state index in [0.29, 0.717) is 11.6 Å². The van der Waals surface area contributed by atoms with Crippen LogP contribution in [-0.2, 0) is 16.6 Å². The van der Waals surface area contributed by atoms with Crippen LogP contribution in [0.2, 0.25) is 5.02 Å². The fraction of sp³-hybridized carbons (Fsp3) is 0.158. The Hall–Kier alpha value is -2.64. The summed E-state index contributed by atoms with van der Waals surface area (Å²) >= 11 is 5.77. The third kappa shape index (κ3) is 4.56. The van der Waals surface area contributed by atoms with E-state index in [4.69, 9.17) is 11.6 Å². The summed E-state index contributed by atoms with van der Waals surface area (Å²) in [4.78, 5) is 12.4. The number of carbonyl (C=O) groups is 1. The van der Waals surface area contributed by atoms with Gasteiger partial charge in [0.05, 0.1) is 17.1 Å². The molecule has 140 valence electrons. The van der Waals surface area contributed by atoms with Crippen molar-refractivity contribution in [1.82, 2.24) is 14.5 Å². The number of nitrogens with zero attached hydrogens (tertiary/aromatic N) is 2. The molecule has 1 N–H and O–H groups in total. The molecule has 0 aliphatic carbocycles. The Morgan fingerprint density at radius 1 is 1.11 bits per heavy atom. The first-order chi connectivity index (χ1) is 12.7. The molecule has 0 unspecified atom stereocenters. The molecule has 2 aromatic carbocycles. The van der Waals surface area contributed by atoms with Crippen LogP contribution in [0.1, 0.15) is 27.3 Å². The van der Waals surface area contributed by atoms with Crippen molar-refractivity contribution in [3.63, 3.8) is 0 Å². The van der Waals surface area contributed by atoms with Crippen LogP contribution in [0, 0.1) is 13.8 Å². The maximum atomic E-state index is 12.4. The second-order valence-electron chi connectivity index (χ2n) is 6.17. The smallest absolute Gasteiger partial charge is 0.265 e. The molecule has 0 aliphatic heterocycles. The van der Waals surface area contributed by atoms with Crippen LogP contribution in [0.15, 0.2) is 59.5 Å². The van der Waals surface area contributed by atoms with E-state index < -0.39 is 15.9 Å². The Kier molecular flexibility index (Phi) is 5.34. The topological polar surface area (TPSA) is 81.1 Å². The highest BCUT2D eigenvalue weighted by Gasteiger charge is 2.19. The fourth-order valence-electron chi connectivity index (χ4n) is 2.67. The predicted octanol–water partition coefficient (Wildman–Crippen LogP) is 3.32. The van der Waals surface area contributed by atoms with Gasteiger partial charge in [0.15, 0.2) is 0 Å². The number of carbonyl (C=O) groups excluding carboxylic acids is 1. The largest absolute Gasteiger partial charge is 0.268 e. The number of aromatic nitrogens is 2. The minimum atomic E-state index is -3.98. The fourth-order valence-corrected chi connectivity index (χ4v) is 3.77.